The fourth-order valence-corrected chi connectivity index (χ4v) is 4.95. The van der Waals surface area contributed by atoms with Crippen molar-refractivity contribution in [3.05, 3.63) is 24.3 Å². The minimum Gasteiger partial charge on any atom is -0.478 e. The molecule has 1 N–H and O–H groups in total. The van der Waals surface area contributed by atoms with Crippen LogP contribution in [0.1, 0.15) is 84.0 Å². The number of carbonyl (C=O) groups is 1. The predicted octanol–water partition coefficient (Wildman–Crippen LogP) is 6.38. The molecule has 0 saturated heterocycles. The van der Waals surface area contributed by atoms with Crippen LogP contribution in [0.3, 0.4) is 0 Å². The van der Waals surface area contributed by atoms with Crippen molar-refractivity contribution in [1.82, 2.24) is 0 Å². The Kier molecular flexibility index (Phi) is 8.63. The number of hydrogen-bond donors (Lipinski definition) is 1. The summed E-state index contributed by atoms with van der Waals surface area (Å²) in [6.07, 6.45) is 23.7. The van der Waals surface area contributed by atoms with Gasteiger partial charge in [-0.2, -0.15) is 0 Å². The summed E-state index contributed by atoms with van der Waals surface area (Å²) in [5, 5.41) is 8.53. The third kappa shape index (κ3) is 6.83. The SMILES string of the molecule is CCCC1CCC(C2CCC(CC/C=C/C=C/C(=O)O)CC2)CC1. The van der Waals surface area contributed by atoms with E-state index < -0.39 is 5.97 Å². The molecule has 0 bridgehead atoms. The van der Waals surface area contributed by atoms with Crippen LogP contribution in [0.2, 0.25) is 0 Å². The minimum atomic E-state index is -0.873. The summed E-state index contributed by atoms with van der Waals surface area (Å²) in [5.41, 5.74) is 0. The Morgan fingerprint density at radius 3 is 1.92 bits per heavy atom. The van der Waals surface area contributed by atoms with Crippen LogP contribution in [-0.2, 0) is 4.79 Å². The van der Waals surface area contributed by atoms with Gasteiger partial charge in [-0.3, -0.25) is 0 Å². The van der Waals surface area contributed by atoms with E-state index in [9.17, 15) is 4.79 Å². The normalized spacial score (nSPS) is 31.7. The third-order valence-corrected chi connectivity index (χ3v) is 6.37. The molecule has 0 spiro atoms. The fraction of sp³-hybridized carbons (Fsp3) is 0.773. The van der Waals surface area contributed by atoms with Gasteiger partial charge in [0, 0.05) is 6.08 Å². The number of aliphatic carboxylic acids is 1. The van der Waals surface area contributed by atoms with Gasteiger partial charge in [0.05, 0.1) is 0 Å². The second-order valence-electron chi connectivity index (χ2n) is 8.05. The average Bonchev–Trinajstić information content (AvgIpc) is 2.59. The molecule has 0 heterocycles. The summed E-state index contributed by atoms with van der Waals surface area (Å²) in [4.78, 5) is 10.4. The van der Waals surface area contributed by atoms with Crippen molar-refractivity contribution < 1.29 is 9.90 Å². The van der Waals surface area contributed by atoms with Crippen LogP contribution in [0.25, 0.3) is 0 Å². The van der Waals surface area contributed by atoms with Crippen LogP contribution < -0.4 is 0 Å². The van der Waals surface area contributed by atoms with Gasteiger partial charge in [0.25, 0.3) is 0 Å². The van der Waals surface area contributed by atoms with Crippen LogP contribution in [0.4, 0.5) is 0 Å². The zero-order chi connectivity index (χ0) is 17.2. The van der Waals surface area contributed by atoms with Crippen LogP contribution in [0.5, 0.6) is 0 Å². The lowest BCUT2D eigenvalue weighted by molar-refractivity contribution is -0.131. The van der Waals surface area contributed by atoms with E-state index >= 15 is 0 Å². The second kappa shape index (κ2) is 10.7. The van der Waals surface area contributed by atoms with Crippen LogP contribution >= 0.6 is 0 Å². The van der Waals surface area contributed by atoms with E-state index in [2.05, 4.69) is 13.0 Å². The summed E-state index contributed by atoms with van der Waals surface area (Å²) in [6, 6.07) is 0. The Balaban J connectivity index is 1.59. The molecule has 0 aromatic heterocycles. The zero-order valence-corrected chi connectivity index (χ0v) is 15.5. The van der Waals surface area contributed by atoms with Gasteiger partial charge >= 0.3 is 5.97 Å². The molecule has 136 valence electrons. The zero-order valence-electron chi connectivity index (χ0n) is 15.5. The highest BCUT2D eigenvalue weighted by molar-refractivity contribution is 5.80. The number of hydrogen-bond acceptors (Lipinski definition) is 1. The molecule has 0 unspecified atom stereocenters. The lowest BCUT2D eigenvalue weighted by Gasteiger charge is -2.38. The Morgan fingerprint density at radius 1 is 0.875 bits per heavy atom. The molecule has 0 aromatic carbocycles. The number of carboxylic acid groups (broad SMARTS) is 1. The average molecular weight is 333 g/mol. The summed E-state index contributed by atoms with van der Waals surface area (Å²) in [5.74, 6) is 3.09. The molecule has 24 heavy (non-hydrogen) atoms. The number of rotatable bonds is 8. The van der Waals surface area contributed by atoms with Crippen molar-refractivity contribution in [3.8, 4) is 0 Å². The van der Waals surface area contributed by atoms with Gasteiger partial charge < -0.3 is 5.11 Å². The van der Waals surface area contributed by atoms with Crippen molar-refractivity contribution in [3.63, 3.8) is 0 Å². The van der Waals surface area contributed by atoms with E-state index in [4.69, 9.17) is 5.11 Å². The van der Waals surface area contributed by atoms with Gasteiger partial charge in [-0.25, -0.2) is 4.79 Å². The summed E-state index contributed by atoms with van der Waals surface area (Å²) < 4.78 is 0. The van der Waals surface area contributed by atoms with E-state index in [0.717, 1.165) is 30.1 Å². The minimum absolute atomic E-state index is 0.873. The Labute approximate surface area is 148 Å². The van der Waals surface area contributed by atoms with E-state index in [-0.39, 0.29) is 0 Å². The molecule has 0 atom stereocenters. The predicted molar refractivity (Wildman–Crippen MR) is 101 cm³/mol. The van der Waals surface area contributed by atoms with Gasteiger partial charge in [-0.05, 0) is 62.2 Å². The molecule has 2 nitrogen and oxygen atoms in total. The molecular weight excluding hydrogens is 296 g/mol. The summed E-state index contributed by atoms with van der Waals surface area (Å²) in [6.45, 7) is 2.32. The standard InChI is InChI=1S/C22H36O2/c1-2-7-18-10-14-20(15-11-18)21-16-12-19(13-17-21)8-5-3-4-6-9-22(23)24/h3-4,6,9,18-21H,2,5,7-8,10-17H2,1H3,(H,23,24)/b4-3+,9-6+. The van der Waals surface area contributed by atoms with Crippen molar-refractivity contribution in [2.45, 2.75) is 84.0 Å². The van der Waals surface area contributed by atoms with Gasteiger partial charge in [-0.15, -0.1) is 0 Å². The van der Waals surface area contributed by atoms with E-state index in [0.29, 0.717) is 0 Å². The molecule has 2 heteroatoms. The molecule has 0 radical (unpaired) electrons. The van der Waals surface area contributed by atoms with Crippen molar-refractivity contribution in [2.24, 2.45) is 23.7 Å². The molecule has 2 fully saturated rings. The summed E-state index contributed by atoms with van der Waals surface area (Å²) >= 11 is 0. The molecule has 0 amide bonds. The number of carboxylic acids is 1. The molecule has 0 aliphatic heterocycles. The van der Waals surface area contributed by atoms with E-state index in [1.807, 2.05) is 6.08 Å². The van der Waals surface area contributed by atoms with Crippen LogP contribution in [0.15, 0.2) is 24.3 Å². The van der Waals surface area contributed by atoms with Gasteiger partial charge in [0.2, 0.25) is 0 Å². The first kappa shape index (κ1) is 19.3. The monoisotopic (exact) mass is 332 g/mol. The maximum Gasteiger partial charge on any atom is 0.328 e. The molecule has 2 saturated carbocycles. The highest BCUT2D eigenvalue weighted by Crippen LogP contribution is 2.42. The van der Waals surface area contributed by atoms with Crippen molar-refractivity contribution in [1.29, 1.82) is 0 Å². The van der Waals surface area contributed by atoms with E-state index in [1.165, 1.54) is 76.7 Å². The topological polar surface area (TPSA) is 37.3 Å². The van der Waals surface area contributed by atoms with Crippen molar-refractivity contribution >= 4 is 5.97 Å². The highest BCUT2D eigenvalue weighted by Gasteiger charge is 2.30. The Bertz CT molecular complexity index is 408. The molecular formula is C22H36O2. The molecule has 2 aliphatic carbocycles. The fourth-order valence-electron chi connectivity index (χ4n) is 4.95. The lowest BCUT2D eigenvalue weighted by Crippen LogP contribution is -2.25. The molecule has 0 aromatic rings. The van der Waals surface area contributed by atoms with Crippen LogP contribution in [-0.4, -0.2) is 11.1 Å². The van der Waals surface area contributed by atoms with Crippen molar-refractivity contribution in [2.75, 3.05) is 0 Å². The first-order valence-corrected chi connectivity index (χ1v) is 10.2. The first-order valence-electron chi connectivity index (χ1n) is 10.2. The summed E-state index contributed by atoms with van der Waals surface area (Å²) in [7, 11) is 0. The van der Waals surface area contributed by atoms with Crippen LogP contribution in [0, 0.1) is 23.7 Å². The largest absolute Gasteiger partial charge is 0.478 e. The first-order chi connectivity index (χ1) is 11.7. The Hall–Kier alpha value is -1.05. The van der Waals surface area contributed by atoms with E-state index in [1.54, 1.807) is 6.08 Å². The quantitative estimate of drug-likeness (QED) is 0.414. The molecule has 2 rings (SSSR count). The second-order valence-corrected chi connectivity index (χ2v) is 8.05. The Morgan fingerprint density at radius 2 is 1.42 bits per heavy atom. The molecule has 2 aliphatic rings. The van der Waals surface area contributed by atoms with Gasteiger partial charge in [0.15, 0.2) is 0 Å². The van der Waals surface area contributed by atoms with Gasteiger partial charge in [0.1, 0.15) is 0 Å². The maximum absolute atomic E-state index is 10.4. The maximum atomic E-state index is 10.4. The smallest absolute Gasteiger partial charge is 0.328 e. The lowest BCUT2D eigenvalue weighted by atomic mass is 9.68. The third-order valence-electron chi connectivity index (χ3n) is 6.37. The highest BCUT2D eigenvalue weighted by atomic mass is 16.4. The van der Waals surface area contributed by atoms with Gasteiger partial charge in [-0.1, -0.05) is 63.7 Å². The number of allylic oxidation sites excluding steroid dienone is 3.